The van der Waals surface area contributed by atoms with Crippen LogP contribution in [-0.2, 0) is 13.1 Å². The van der Waals surface area contributed by atoms with Gasteiger partial charge in [-0.1, -0.05) is 23.7 Å². The number of furan rings is 1. The van der Waals surface area contributed by atoms with Crippen LogP contribution in [0.4, 0.5) is 4.79 Å². The number of nitrogens with zero attached hydrogens (tertiary/aromatic N) is 1. The fourth-order valence-electron chi connectivity index (χ4n) is 2.20. The van der Waals surface area contributed by atoms with Crippen LogP contribution in [0.1, 0.15) is 11.1 Å². The molecule has 0 spiro atoms. The normalized spacial score (nSPS) is 10.4. The molecule has 3 rings (SSSR count). The molecule has 0 atom stereocenters. The molecule has 2 aromatic heterocycles. The quantitative estimate of drug-likeness (QED) is 0.737. The van der Waals surface area contributed by atoms with Gasteiger partial charge in [0.15, 0.2) is 0 Å². The average molecular weight is 342 g/mol. The lowest BCUT2D eigenvalue weighted by Crippen LogP contribution is -2.34. The number of aromatic nitrogens is 1. The number of benzene rings is 1. The Morgan fingerprint density at radius 2 is 1.75 bits per heavy atom. The summed E-state index contributed by atoms with van der Waals surface area (Å²) in [4.78, 5) is 16.1. The third-order valence-electron chi connectivity index (χ3n) is 3.47. The monoisotopic (exact) mass is 341 g/mol. The summed E-state index contributed by atoms with van der Waals surface area (Å²) in [5.74, 6) is 0. The highest BCUT2D eigenvalue weighted by Crippen LogP contribution is 2.19. The van der Waals surface area contributed by atoms with E-state index in [-0.39, 0.29) is 6.03 Å². The summed E-state index contributed by atoms with van der Waals surface area (Å²) in [5.41, 5.74) is 3.80. The third kappa shape index (κ3) is 4.36. The van der Waals surface area contributed by atoms with Crippen molar-refractivity contribution in [3.8, 4) is 11.1 Å². The summed E-state index contributed by atoms with van der Waals surface area (Å²) in [7, 11) is 0. The zero-order valence-electron chi connectivity index (χ0n) is 12.8. The molecule has 0 saturated carbocycles. The standard InChI is InChI=1S/C18H16ClN3O2/c19-17-3-1-13(2-4-17)9-21-18(23)22-10-14-7-16(11-20-8-14)15-5-6-24-12-15/h1-8,11-12H,9-10H2,(H2,21,22,23). The first-order valence-electron chi connectivity index (χ1n) is 7.43. The molecule has 1 aromatic carbocycles. The number of hydrogen-bond acceptors (Lipinski definition) is 3. The molecule has 2 amide bonds. The van der Waals surface area contributed by atoms with Crippen LogP contribution in [0, 0.1) is 0 Å². The second-order valence-electron chi connectivity index (χ2n) is 5.26. The van der Waals surface area contributed by atoms with Gasteiger partial charge >= 0.3 is 6.03 Å². The highest BCUT2D eigenvalue weighted by molar-refractivity contribution is 6.30. The minimum atomic E-state index is -0.237. The van der Waals surface area contributed by atoms with Crippen molar-refractivity contribution in [1.82, 2.24) is 15.6 Å². The second kappa shape index (κ2) is 7.66. The van der Waals surface area contributed by atoms with Gasteiger partial charge in [-0.3, -0.25) is 4.98 Å². The molecule has 0 saturated heterocycles. The summed E-state index contributed by atoms with van der Waals surface area (Å²) in [6.07, 6.45) is 6.76. The number of carbonyl (C=O) groups is 1. The van der Waals surface area contributed by atoms with Gasteiger partial charge in [-0.05, 0) is 35.4 Å². The molecule has 0 unspecified atom stereocenters. The van der Waals surface area contributed by atoms with Crippen LogP contribution < -0.4 is 10.6 Å². The minimum Gasteiger partial charge on any atom is -0.472 e. The van der Waals surface area contributed by atoms with Crippen LogP contribution in [-0.4, -0.2) is 11.0 Å². The van der Waals surface area contributed by atoms with Gasteiger partial charge in [-0.25, -0.2) is 4.79 Å². The first-order chi connectivity index (χ1) is 11.7. The Morgan fingerprint density at radius 1 is 1.00 bits per heavy atom. The van der Waals surface area contributed by atoms with Gasteiger partial charge in [0.1, 0.15) is 0 Å². The molecular formula is C18H16ClN3O2. The summed E-state index contributed by atoms with van der Waals surface area (Å²) < 4.78 is 5.07. The summed E-state index contributed by atoms with van der Waals surface area (Å²) >= 11 is 5.83. The number of hydrogen-bond donors (Lipinski definition) is 2. The molecule has 24 heavy (non-hydrogen) atoms. The Balaban J connectivity index is 1.51. The number of pyridine rings is 1. The molecule has 0 aliphatic rings. The average Bonchev–Trinajstić information content (AvgIpc) is 3.14. The summed E-state index contributed by atoms with van der Waals surface area (Å²) in [6.45, 7) is 0.835. The lowest BCUT2D eigenvalue weighted by molar-refractivity contribution is 0.240. The number of urea groups is 1. The Hall–Kier alpha value is -2.79. The minimum absolute atomic E-state index is 0.237. The van der Waals surface area contributed by atoms with Gasteiger partial charge in [-0.2, -0.15) is 0 Å². The maximum Gasteiger partial charge on any atom is 0.315 e. The van der Waals surface area contributed by atoms with E-state index < -0.39 is 0 Å². The van der Waals surface area contributed by atoms with Gasteiger partial charge in [0.2, 0.25) is 0 Å². The molecule has 122 valence electrons. The van der Waals surface area contributed by atoms with E-state index in [9.17, 15) is 4.79 Å². The zero-order valence-corrected chi connectivity index (χ0v) is 13.6. The lowest BCUT2D eigenvalue weighted by Gasteiger charge is -2.08. The van der Waals surface area contributed by atoms with E-state index in [0.717, 1.165) is 22.3 Å². The molecule has 2 N–H and O–H groups in total. The maximum atomic E-state index is 11.9. The number of nitrogens with one attached hydrogen (secondary N) is 2. The summed E-state index contributed by atoms with van der Waals surface area (Å²) in [5, 5.41) is 6.29. The van der Waals surface area contributed by atoms with Crippen LogP contribution in [0.2, 0.25) is 5.02 Å². The van der Waals surface area contributed by atoms with Crippen molar-refractivity contribution >= 4 is 17.6 Å². The predicted octanol–water partition coefficient (Wildman–Crippen LogP) is 3.99. The van der Waals surface area contributed by atoms with Crippen LogP contribution in [0.3, 0.4) is 0 Å². The van der Waals surface area contributed by atoms with Crippen LogP contribution >= 0.6 is 11.6 Å². The van der Waals surface area contributed by atoms with Crippen molar-refractivity contribution in [3.63, 3.8) is 0 Å². The van der Waals surface area contributed by atoms with E-state index >= 15 is 0 Å². The fraction of sp³-hybridized carbons (Fsp3) is 0.111. The largest absolute Gasteiger partial charge is 0.472 e. The number of carbonyl (C=O) groups excluding carboxylic acids is 1. The molecule has 2 heterocycles. The lowest BCUT2D eigenvalue weighted by atomic mass is 10.1. The molecule has 0 bridgehead atoms. The van der Waals surface area contributed by atoms with Crippen LogP contribution in [0.5, 0.6) is 0 Å². The van der Waals surface area contributed by atoms with Gasteiger partial charge in [0.25, 0.3) is 0 Å². The SMILES string of the molecule is O=C(NCc1ccc(Cl)cc1)NCc1cncc(-c2ccoc2)c1. The van der Waals surface area contributed by atoms with Gasteiger partial charge in [-0.15, -0.1) is 0 Å². The zero-order chi connectivity index (χ0) is 16.8. The topological polar surface area (TPSA) is 67.2 Å². The number of amides is 2. The fourth-order valence-corrected chi connectivity index (χ4v) is 2.33. The van der Waals surface area contributed by atoms with Crippen molar-refractivity contribution in [1.29, 1.82) is 0 Å². The van der Waals surface area contributed by atoms with E-state index in [1.807, 2.05) is 24.3 Å². The van der Waals surface area contributed by atoms with E-state index in [2.05, 4.69) is 15.6 Å². The van der Waals surface area contributed by atoms with Crippen molar-refractivity contribution in [2.24, 2.45) is 0 Å². The summed E-state index contributed by atoms with van der Waals surface area (Å²) in [6, 6.07) is 10.9. The van der Waals surface area contributed by atoms with Crippen LogP contribution in [0.15, 0.2) is 65.7 Å². The highest BCUT2D eigenvalue weighted by Gasteiger charge is 2.04. The Kier molecular flexibility index (Phi) is 5.13. The molecule has 3 aromatic rings. The van der Waals surface area contributed by atoms with E-state index in [0.29, 0.717) is 18.1 Å². The molecule has 0 fully saturated rings. The van der Waals surface area contributed by atoms with Crippen molar-refractivity contribution in [2.45, 2.75) is 13.1 Å². The molecule has 5 nitrogen and oxygen atoms in total. The van der Waals surface area contributed by atoms with E-state index in [4.69, 9.17) is 16.0 Å². The van der Waals surface area contributed by atoms with Crippen molar-refractivity contribution in [2.75, 3.05) is 0 Å². The molecule has 6 heteroatoms. The Morgan fingerprint density at radius 3 is 2.46 bits per heavy atom. The van der Waals surface area contributed by atoms with Gasteiger partial charge in [0, 0.05) is 41.6 Å². The first kappa shape index (κ1) is 16.1. The van der Waals surface area contributed by atoms with Crippen LogP contribution in [0.25, 0.3) is 11.1 Å². The molecule has 0 aliphatic heterocycles. The van der Waals surface area contributed by atoms with E-state index in [1.165, 1.54) is 0 Å². The maximum absolute atomic E-state index is 11.9. The highest BCUT2D eigenvalue weighted by atomic mass is 35.5. The Bertz CT molecular complexity index is 801. The number of halogens is 1. The molecule has 0 aliphatic carbocycles. The smallest absolute Gasteiger partial charge is 0.315 e. The predicted molar refractivity (Wildman–Crippen MR) is 92.5 cm³/mol. The van der Waals surface area contributed by atoms with Crippen molar-refractivity contribution < 1.29 is 9.21 Å². The first-order valence-corrected chi connectivity index (χ1v) is 7.81. The van der Waals surface area contributed by atoms with E-state index in [1.54, 1.807) is 37.1 Å². The van der Waals surface area contributed by atoms with Crippen molar-refractivity contribution in [3.05, 3.63) is 77.5 Å². The van der Waals surface area contributed by atoms with Gasteiger partial charge in [0.05, 0.1) is 12.5 Å². The second-order valence-corrected chi connectivity index (χ2v) is 5.69. The molecule has 0 radical (unpaired) electrons. The Labute approximate surface area is 144 Å². The third-order valence-corrected chi connectivity index (χ3v) is 3.72. The number of rotatable bonds is 5. The molecular weight excluding hydrogens is 326 g/mol. The van der Waals surface area contributed by atoms with Gasteiger partial charge < -0.3 is 15.1 Å².